The molecule has 0 heterocycles. The predicted molar refractivity (Wildman–Crippen MR) is 77.1 cm³/mol. The molecule has 0 atom stereocenters. The van der Waals surface area contributed by atoms with E-state index in [0.717, 1.165) is 0 Å². The SMILES string of the molecule is COCCN(CCOC)C(=O)C(=O)Nc1ccccc1O. The Labute approximate surface area is 123 Å². The van der Waals surface area contributed by atoms with Crippen LogP contribution in [0.3, 0.4) is 0 Å². The highest BCUT2D eigenvalue weighted by Gasteiger charge is 2.22. The summed E-state index contributed by atoms with van der Waals surface area (Å²) in [4.78, 5) is 25.4. The summed E-state index contributed by atoms with van der Waals surface area (Å²) in [5.74, 6) is -1.62. The van der Waals surface area contributed by atoms with E-state index < -0.39 is 11.8 Å². The number of para-hydroxylation sites is 2. The standard InChI is InChI=1S/C14H20N2O5/c1-20-9-7-16(8-10-21-2)14(19)13(18)15-11-5-3-4-6-12(11)17/h3-6,17H,7-10H2,1-2H3,(H,15,18). The maximum atomic E-state index is 12.1. The third-order valence-corrected chi connectivity index (χ3v) is 2.76. The minimum absolute atomic E-state index is 0.0982. The van der Waals surface area contributed by atoms with Gasteiger partial charge in [0.15, 0.2) is 0 Å². The molecule has 7 nitrogen and oxygen atoms in total. The molecule has 7 heteroatoms. The maximum absolute atomic E-state index is 12.1. The number of hydrogen-bond donors (Lipinski definition) is 2. The Hall–Kier alpha value is -2.12. The first-order valence-electron chi connectivity index (χ1n) is 6.46. The number of aromatic hydroxyl groups is 1. The number of amides is 2. The second-order valence-electron chi connectivity index (χ2n) is 4.25. The zero-order valence-electron chi connectivity index (χ0n) is 12.2. The van der Waals surface area contributed by atoms with Crippen LogP contribution in [-0.4, -0.2) is 62.3 Å². The number of rotatable bonds is 7. The molecule has 0 aromatic heterocycles. The van der Waals surface area contributed by atoms with Crippen molar-refractivity contribution < 1.29 is 24.2 Å². The Kier molecular flexibility index (Phi) is 7.20. The first-order valence-corrected chi connectivity index (χ1v) is 6.46. The van der Waals surface area contributed by atoms with Gasteiger partial charge in [-0.25, -0.2) is 0 Å². The van der Waals surface area contributed by atoms with E-state index in [4.69, 9.17) is 9.47 Å². The number of carbonyl (C=O) groups excluding carboxylic acids is 2. The quantitative estimate of drug-likeness (QED) is 0.563. The lowest BCUT2D eigenvalue weighted by atomic mass is 10.3. The normalized spacial score (nSPS) is 10.2. The van der Waals surface area contributed by atoms with Crippen LogP contribution in [-0.2, 0) is 19.1 Å². The number of methoxy groups -OCH3 is 2. The minimum Gasteiger partial charge on any atom is -0.506 e. The summed E-state index contributed by atoms with van der Waals surface area (Å²) >= 11 is 0. The van der Waals surface area contributed by atoms with Crippen molar-refractivity contribution in [3.05, 3.63) is 24.3 Å². The van der Waals surface area contributed by atoms with E-state index in [0.29, 0.717) is 13.2 Å². The monoisotopic (exact) mass is 296 g/mol. The molecule has 0 bridgehead atoms. The van der Waals surface area contributed by atoms with Gasteiger partial charge in [-0.05, 0) is 12.1 Å². The Morgan fingerprint density at radius 3 is 2.24 bits per heavy atom. The van der Waals surface area contributed by atoms with Crippen LogP contribution < -0.4 is 5.32 Å². The van der Waals surface area contributed by atoms with Crippen LogP contribution in [0.5, 0.6) is 5.75 Å². The second-order valence-corrected chi connectivity index (χ2v) is 4.25. The molecule has 1 aromatic rings. The third kappa shape index (κ3) is 5.41. The van der Waals surface area contributed by atoms with Gasteiger partial charge in [0.2, 0.25) is 0 Å². The first-order chi connectivity index (χ1) is 10.1. The summed E-state index contributed by atoms with van der Waals surface area (Å²) < 4.78 is 9.83. The van der Waals surface area contributed by atoms with Crippen LogP contribution >= 0.6 is 0 Å². The van der Waals surface area contributed by atoms with Gasteiger partial charge in [0, 0.05) is 27.3 Å². The average Bonchev–Trinajstić information content (AvgIpc) is 2.49. The highest BCUT2D eigenvalue weighted by atomic mass is 16.5. The fourth-order valence-electron chi connectivity index (χ4n) is 1.62. The fraction of sp³-hybridized carbons (Fsp3) is 0.429. The highest BCUT2D eigenvalue weighted by Crippen LogP contribution is 2.21. The van der Waals surface area contributed by atoms with E-state index in [1.807, 2.05) is 0 Å². The Bertz CT molecular complexity index is 470. The smallest absolute Gasteiger partial charge is 0.314 e. The molecule has 0 saturated heterocycles. The molecule has 1 aromatic carbocycles. The molecule has 0 saturated carbocycles. The molecule has 0 spiro atoms. The van der Waals surface area contributed by atoms with Gasteiger partial charge in [-0.3, -0.25) is 9.59 Å². The summed E-state index contributed by atoms with van der Waals surface area (Å²) in [5, 5.41) is 12.0. The largest absolute Gasteiger partial charge is 0.506 e. The van der Waals surface area contributed by atoms with E-state index in [1.165, 1.54) is 31.3 Å². The lowest BCUT2D eigenvalue weighted by Crippen LogP contribution is -2.43. The van der Waals surface area contributed by atoms with Gasteiger partial charge in [-0.1, -0.05) is 12.1 Å². The van der Waals surface area contributed by atoms with E-state index in [2.05, 4.69) is 5.32 Å². The van der Waals surface area contributed by atoms with Crippen LogP contribution in [0.1, 0.15) is 0 Å². The van der Waals surface area contributed by atoms with Gasteiger partial charge in [0.05, 0.1) is 18.9 Å². The van der Waals surface area contributed by atoms with E-state index in [9.17, 15) is 14.7 Å². The summed E-state index contributed by atoms with van der Waals surface area (Å²) in [6, 6.07) is 6.20. The highest BCUT2D eigenvalue weighted by molar-refractivity contribution is 6.39. The minimum atomic E-state index is -0.816. The number of phenols is 1. The number of nitrogens with one attached hydrogen (secondary N) is 1. The molecule has 0 aliphatic rings. The Morgan fingerprint density at radius 2 is 1.71 bits per heavy atom. The number of benzene rings is 1. The van der Waals surface area contributed by atoms with Crippen molar-refractivity contribution in [3.63, 3.8) is 0 Å². The molecule has 2 N–H and O–H groups in total. The first kappa shape index (κ1) is 16.9. The number of anilines is 1. The van der Waals surface area contributed by atoms with Gasteiger partial charge < -0.3 is 24.8 Å². The molecular formula is C14H20N2O5. The van der Waals surface area contributed by atoms with Gasteiger partial charge in [-0.15, -0.1) is 0 Å². The lowest BCUT2D eigenvalue weighted by Gasteiger charge is -2.21. The molecule has 116 valence electrons. The maximum Gasteiger partial charge on any atom is 0.314 e. The van der Waals surface area contributed by atoms with Crippen LogP contribution in [0.15, 0.2) is 24.3 Å². The van der Waals surface area contributed by atoms with Crippen molar-refractivity contribution in [2.75, 3.05) is 45.8 Å². The van der Waals surface area contributed by atoms with Crippen LogP contribution in [0.2, 0.25) is 0 Å². The summed E-state index contributed by atoms with van der Waals surface area (Å²) in [6.45, 7) is 1.21. The number of ether oxygens (including phenoxy) is 2. The van der Waals surface area contributed by atoms with Crippen molar-refractivity contribution in [3.8, 4) is 5.75 Å². The number of hydrogen-bond acceptors (Lipinski definition) is 5. The van der Waals surface area contributed by atoms with Crippen molar-refractivity contribution in [2.24, 2.45) is 0 Å². The van der Waals surface area contributed by atoms with Crippen molar-refractivity contribution in [2.45, 2.75) is 0 Å². The molecule has 0 fully saturated rings. The average molecular weight is 296 g/mol. The molecule has 1 rings (SSSR count). The van der Waals surface area contributed by atoms with Gasteiger partial charge in [0.25, 0.3) is 0 Å². The van der Waals surface area contributed by atoms with Gasteiger partial charge in [-0.2, -0.15) is 0 Å². The molecule has 21 heavy (non-hydrogen) atoms. The molecule has 2 amide bonds. The molecule has 0 unspecified atom stereocenters. The molecule has 0 aliphatic heterocycles. The number of phenolic OH excluding ortho intramolecular Hbond substituents is 1. The van der Waals surface area contributed by atoms with E-state index >= 15 is 0 Å². The fourth-order valence-corrected chi connectivity index (χ4v) is 1.62. The zero-order chi connectivity index (χ0) is 15.7. The van der Waals surface area contributed by atoms with Crippen molar-refractivity contribution in [1.82, 2.24) is 4.90 Å². The lowest BCUT2D eigenvalue weighted by molar-refractivity contribution is -0.144. The third-order valence-electron chi connectivity index (χ3n) is 2.76. The van der Waals surface area contributed by atoms with Crippen LogP contribution in [0.4, 0.5) is 5.69 Å². The van der Waals surface area contributed by atoms with Crippen LogP contribution in [0.25, 0.3) is 0 Å². The van der Waals surface area contributed by atoms with Gasteiger partial charge >= 0.3 is 11.8 Å². The van der Waals surface area contributed by atoms with E-state index in [-0.39, 0.29) is 24.5 Å². The summed E-state index contributed by atoms with van der Waals surface area (Å²) in [5.41, 5.74) is 0.189. The number of carbonyl (C=O) groups is 2. The second kappa shape index (κ2) is 8.93. The number of nitrogens with zero attached hydrogens (tertiary/aromatic N) is 1. The van der Waals surface area contributed by atoms with Crippen LogP contribution in [0, 0.1) is 0 Å². The van der Waals surface area contributed by atoms with Gasteiger partial charge in [0.1, 0.15) is 5.75 Å². The van der Waals surface area contributed by atoms with E-state index in [1.54, 1.807) is 12.1 Å². The Morgan fingerprint density at radius 1 is 1.14 bits per heavy atom. The predicted octanol–water partition coefficient (Wildman–Crippen LogP) is 0.452. The topological polar surface area (TPSA) is 88.1 Å². The molecular weight excluding hydrogens is 276 g/mol. The van der Waals surface area contributed by atoms with Crippen molar-refractivity contribution >= 4 is 17.5 Å². The zero-order valence-corrected chi connectivity index (χ0v) is 12.2. The molecule has 0 aliphatic carbocycles. The molecule has 0 radical (unpaired) electrons. The summed E-state index contributed by atoms with van der Waals surface area (Å²) in [6.07, 6.45) is 0. The van der Waals surface area contributed by atoms with Crippen molar-refractivity contribution in [1.29, 1.82) is 0 Å². The Balaban J connectivity index is 2.68. The summed E-state index contributed by atoms with van der Waals surface area (Å²) in [7, 11) is 3.03.